The van der Waals surface area contributed by atoms with Crippen molar-refractivity contribution in [1.29, 1.82) is 0 Å². The number of benzene rings is 1. The van der Waals surface area contributed by atoms with Gasteiger partial charge in [-0.15, -0.1) is 0 Å². The van der Waals surface area contributed by atoms with E-state index >= 15 is 0 Å². The zero-order valence-electron chi connectivity index (χ0n) is 16.1. The van der Waals surface area contributed by atoms with Crippen LogP contribution in [-0.4, -0.2) is 38.9 Å². The first kappa shape index (κ1) is 18.5. The molecular weight excluding hydrogens is 317 g/mol. The van der Waals surface area contributed by atoms with Crippen LogP contribution >= 0.6 is 0 Å². The molecule has 1 saturated heterocycles. The van der Waals surface area contributed by atoms with Crippen LogP contribution in [0.4, 0.5) is 4.39 Å². The van der Waals surface area contributed by atoms with Crippen LogP contribution in [0.2, 0.25) is 0 Å². The molecular formula is C21H32FNO2. The summed E-state index contributed by atoms with van der Waals surface area (Å²) in [6.45, 7) is 6.45. The number of hydrogen-bond donors (Lipinski definition) is 0. The Labute approximate surface area is 151 Å². The molecule has 0 radical (unpaired) electrons. The molecule has 2 aliphatic rings. The maximum absolute atomic E-state index is 12.8. The molecule has 2 atom stereocenters. The van der Waals surface area contributed by atoms with Crippen molar-refractivity contribution in [2.24, 2.45) is 11.3 Å². The molecule has 1 unspecified atom stereocenters. The van der Waals surface area contributed by atoms with E-state index in [9.17, 15) is 4.39 Å². The summed E-state index contributed by atoms with van der Waals surface area (Å²) in [7, 11) is 3.40. The lowest BCUT2D eigenvalue weighted by atomic mass is 9.75. The third-order valence-corrected chi connectivity index (χ3v) is 6.07. The molecule has 0 spiro atoms. The fourth-order valence-electron chi connectivity index (χ4n) is 4.76. The monoisotopic (exact) mass is 349 g/mol. The van der Waals surface area contributed by atoms with Gasteiger partial charge in [-0.2, -0.15) is 0 Å². The first-order valence-corrected chi connectivity index (χ1v) is 9.52. The zero-order chi connectivity index (χ0) is 18.0. The van der Waals surface area contributed by atoms with Gasteiger partial charge >= 0.3 is 0 Å². The van der Waals surface area contributed by atoms with E-state index in [2.05, 4.69) is 30.9 Å². The van der Waals surface area contributed by atoms with Crippen molar-refractivity contribution in [2.45, 2.75) is 52.0 Å². The Balaban J connectivity index is 1.74. The molecule has 3 nitrogen and oxygen atoms in total. The molecule has 0 bridgehead atoms. The number of fused-ring (bicyclic) bond motifs is 3. The lowest BCUT2D eigenvalue weighted by molar-refractivity contribution is 0.0733. The maximum Gasteiger partial charge on any atom is 0.161 e. The average Bonchev–Trinajstić information content (AvgIpc) is 2.59. The SMILES string of the molecule is COc1cc2c(cc1OC)[C@H]1CCC(CC(C)(C)CCF)CN1CC2. The van der Waals surface area contributed by atoms with Crippen LogP contribution in [0.15, 0.2) is 12.1 Å². The van der Waals surface area contributed by atoms with Gasteiger partial charge < -0.3 is 9.47 Å². The lowest BCUT2D eigenvalue weighted by Gasteiger charge is -2.45. The molecule has 1 aromatic carbocycles. The van der Waals surface area contributed by atoms with E-state index in [1.165, 1.54) is 24.0 Å². The predicted octanol–water partition coefficient (Wildman–Crippen LogP) is 4.79. The Morgan fingerprint density at radius 3 is 2.56 bits per heavy atom. The maximum atomic E-state index is 12.8. The standard InChI is InChI=1S/C21H32FNO2/c1-21(2,8-9-22)13-15-5-6-18-17-12-20(25-4)19(24-3)11-16(17)7-10-23(18)14-15/h11-12,15,18H,5-10,13-14H2,1-4H3/t15?,18-/m1/s1. The van der Waals surface area contributed by atoms with Crippen molar-refractivity contribution >= 4 is 0 Å². The number of hydrogen-bond acceptors (Lipinski definition) is 3. The number of halogens is 1. The van der Waals surface area contributed by atoms with E-state index in [0.29, 0.717) is 18.4 Å². The van der Waals surface area contributed by atoms with Crippen LogP contribution < -0.4 is 9.47 Å². The number of methoxy groups -OCH3 is 2. The summed E-state index contributed by atoms with van der Waals surface area (Å²) in [6, 6.07) is 4.82. The van der Waals surface area contributed by atoms with Gasteiger partial charge in [0.25, 0.3) is 0 Å². The van der Waals surface area contributed by atoms with Crippen molar-refractivity contribution in [2.75, 3.05) is 34.0 Å². The van der Waals surface area contributed by atoms with E-state index in [1.807, 2.05) is 0 Å². The van der Waals surface area contributed by atoms with Gasteiger partial charge in [0.1, 0.15) is 0 Å². The number of rotatable bonds is 6. The number of alkyl halides is 1. The van der Waals surface area contributed by atoms with Crippen LogP contribution in [0.1, 0.15) is 56.7 Å². The summed E-state index contributed by atoms with van der Waals surface area (Å²) >= 11 is 0. The summed E-state index contributed by atoms with van der Waals surface area (Å²) in [4.78, 5) is 2.63. The van der Waals surface area contributed by atoms with E-state index in [4.69, 9.17) is 9.47 Å². The molecule has 2 aliphatic heterocycles. The largest absolute Gasteiger partial charge is 0.493 e. The number of nitrogens with zero attached hydrogens (tertiary/aromatic N) is 1. The third-order valence-electron chi connectivity index (χ3n) is 6.07. The van der Waals surface area contributed by atoms with Crippen LogP contribution in [0.5, 0.6) is 11.5 Å². The van der Waals surface area contributed by atoms with E-state index in [-0.39, 0.29) is 12.1 Å². The highest BCUT2D eigenvalue weighted by Gasteiger charge is 2.36. The Morgan fingerprint density at radius 2 is 1.88 bits per heavy atom. The van der Waals surface area contributed by atoms with Gasteiger partial charge in [-0.1, -0.05) is 13.8 Å². The molecule has 0 N–H and O–H groups in total. The Kier molecular flexibility index (Phi) is 5.57. The first-order chi connectivity index (χ1) is 12.0. The topological polar surface area (TPSA) is 21.7 Å². The van der Waals surface area contributed by atoms with Crippen LogP contribution in [0.3, 0.4) is 0 Å². The second-order valence-electron chi connectivity index (χ2n) is 8.42. The molecule has 0 aromatic heterocycles. The van der Waals surface area contributed by atoms with E-state index < -0.39 is 0 Å². The normalized spacial score (nSPS) is 23.7. The number of piperidine rings is 1. The Hall–Kier alpha value is -1.29. The first-order valence-electron chi connectivity index (χ1n) is 9.52. The fraction of sp³-hybridized carbons (Fsp3) is 0.714. The predicted molar refractivity (Wildman–Crippen MR) is 99.3 cm³/mol. The van der Waals surface area contributed by atoms with Gasteiger partial charge in [0, 0.05) is 19.1 Å². The molecule has 0 amide bonds. The Morgan fingerprint density at radius 1 is 1.16 bits per heavy atom. The second kappa shape index (κ2) is 7.53. The van der Waals surface area contributed by atoms with Gasteiger partial charge in [-0.25, -0.2) is 0 Å². The summed E-state index contributed by atoms with van der Waals surface area (Å²) in [5.41, 5.74) is 2.91. The van der Waals surface area contributed by atoms with Gasteiger partial charge in [0.15, 0.2) is 11.5 Å². The van der Waals surface area contributed by atoms with Crippen molar-refractivity contribution < 1.29 is 13.9 Å². The van der Waals surface area contributed by atoms with E-state index in [0.717, 1.165) is 37.4 Å². The van der Waals surface area contributed by atoms with Crippen molar-refractivity contribution in [3.63, 3.8) is 0 Å². The molecule has 4 heteroatoms. The summed E-state index contributed by atoms with van der Waals surface area (Å²) in [6.07, 6.45) is 5.27. The quantitative estimate of drug-likeness (QED) is 0.737. The minimum absolute atomic E-state index is 0.108. The molecule has 1 aromatic rings. The van der Waals surface area contributed by atoms with Crippen molar-refractivity contribution in [3.8, 4) is 11.5 Å². The summed E-state index contributed by atoms with van der Waals surface area (Å²) in [5, 5.41) is 0. The minimum atomic E-state index is -0.207. The molecule has 2 heterocycles. The molecule has 0 saturated carbocycles. The highest BCUT2D eigenvalue weighted by Crippen LogP contribution is 2.44. The molecule has 1 fully saturated rings. The average molecular weight is 349 g/mol. The van der Waals surface area contributed by atoms with Crippen LogP contribution in [-0.2, 0) is 6.42 Å². The lowest BCUT2D eigenvalue weighted by Crippen LogP contribution is -2.43. The summed E-state index contributed by atoms with van der Waals surface area (Å²) in [5.74, 6) is 2.34. The van der Waals surface area contributed by atoms with Crippen LogP contribution in [0.25, 0.3) is 0 Å². The van der Waals surface area contributed by atoms with Crippen LogP contribution in [0, 0.1) is 11.3 Å². The Bertz CT molecular complexity index is 602. The molecule has 0 aliphatic carbocycles. The fourth-order valence-corrected chi connectivity index (χ4v) is 4.76. The van der Waals surface area contributed by atoms with Crippen molar-refractivity contribution in [3.05, 3.63) is 23.3 Å². The smallest absolute Gasteiger partial charge is 0.161 e. The highest BCUT2D eigenvalue weighted by atomic mass is 19.1. The van der Waals surface area contributed by atoms with Gasteiger partial charge in [0.05, 0.1) is 20.9 Å². The zero-order valence-corrected chi connectivity index (χ0v) is 16.1. The highest BCUT2D eigenvalue weighted by molar-refractivity contribution is 5.49. The number of ether oxygens (including phenoxy) is 2. The molecule has 140 valence electrons. The molecule has 3 rings (SSSR count). The third kappa shape index (κ3) is 3.94. The second-order valence-corrected chi connectivity index (χ2v) is 8.42. The molecule has 25 heavy (non-hydrogen) atoms. The summed E-state index contributed by atoms with van der Waals surface area (Å²) < 4.78 is 23.8. The van der Waals surface area contributed by atoms with Gasteiger partial charge in [-0.05, 0) is 66.7 Å². The van der Waals surface area contributed by atoms with Crippen molar-refractivity contribution in [1.82, 2.24) is 4.90 Å². The van der Waals surface area contributed by atoms with Gasteiger partial charge in [0.2, 0.25) is 0 Å². The van der Waals surface area contributed by atoms with E-state index in [1.54, 1.807) is 14.2 Å². The van der Waals surface area contributed by atoms with Gasteiger partial charge in [-0.3, -0.25) is 9.29 Å². The minimum Gasteiger partial charge on any atom is -0.493 e.